The molecule has 1 N–H and O–H groups in total. The van der Waals surface area contributed by atoms with Crippen LogP contribution < -0.4 is 15.0 Å². The van der Waals surface area contributed by atoms with Crippen molar-refractivity contribution in [3.05, 3.63) is 52.5 Å². The molecule has 1 aliphatic heterocycles. The molecule has 3 rings (SSSR count). The van der Waals surface area contributed by atoms with Gasteiger partial charge in [-0.2, -0.15) is 0 Å². The van der Waals surface area contributed by atoms with E-state index in [2.05, 4.69) is 10.2 Å². The molecule has 0 aromatic heterocycles. The Labute approximate surface area is 156 Å². The van der Waals surface area contributed by atoms with Crippen molar-refractivity contribution in [2.75, 3.05) is 43.1 Å². The average molecular weight is 381 g/mol. The van der Waals surface area contributed by atoms with Gasteiger partial charge in [0.05, 0.1) is 29.6 Å². The number of morpholine rings is 1. The molecule has 0 aliphatic carbocycles. The first kappa shape index (κ1) is 17.9. The smallest absolute Gasteiger partial charge is 0.262 e. The molecular formula is C18H18Cl2N2O3. The number of para-hydroxylation sites is 2. The zero-order valence-electron chi connectivity index (χ0n) is 13.5. The monoisotopic (exact) mass is 380 g/mol. The molecule has 132 valence electrons. The van der Waals surface area contributed by atoms with Gasteiger partial charge in [-0.3, -0.25) is 4.79 Å². The molecule has 2 aromatic rings. The predicted octanol–water partition coefficient (Wildman–Crippen LogP) is 3.85. The van der Waals surface area contributed by atoms with Crippen LogP contribution in [0.3, 0.4) is 0 Å². The molecule has 0 bridgehead atoms. The number of carbonyl (C=O) groups excluding carboxylic acids is 1. The number of amides is 1. The molecule has 0 radical (unpaired) electrons. The lowest BCUT2D eigenvalue weighted by Crippen LogP contribution is -2.37. The molecule has 1 saturated heterocycles. The first-order valence-corrected chi connectivity index (χ1v) is 8.68. The van der Waals surface area contributed by atoms with E-state index in [1.54, 1.807) is 18.2 Å². The van der Waals surface area contributed by atoms with Crippen LogP contribution in [0.25, 0.3) is 0 Å². The Morgan fingerprint density at radius 1 is 1.16 bits per heavy atom. The second-order valence-electron chi connectivity index (χ2n) is 5.53. The van der Waals surface area contributed by atoms with Gasteiger partial charge in [0.1, 0.15) is 5.75 Å². The minimum absolute atomic E-state index is 0.140. The summed E-state index contributed by atoms with van der Waals surface area (Å²) in [4.78, 5) is 14.4. The van der Waals surface area contributed by atoms with Gasteiger partial charge in [-0.05, 0) is 30.3 Å². The molecule has 0 saturated carbocycles. The van der Waals surface area contributed by atoms with E-state index >= 15 is 0 Å². The standard InChI is InChI=1S/C18H18Cl2N2O3/c19-13-5-6-17(14(20)11-13)25-12-18(23)21-15-3-1-2-4-16(15)22-7-9-24-10-8-22/h1-6,11H,7-10,12H2,(H,21,23). The molecule has 1 fully saturated rings. The van der Waals surface area contributed by atoms with Gasteiger partial charge in [-0.25, -0.2) is 0 Å². The summed E-state index contributed by atoms with van der Waals surface area (Å²) in [5.74, 6) is 0.161. The molecule has 5 nitrogen and oxygen atoms in total. The third-order valence-electron chi connectivity index (χ3n) is 3.78. The molecule has 2 aromatic carbocycles. The van der Waals surface area contributed by atoms with Crippen LogP contribution in [0.5, 0.6) is 5.75 Å². The molecule has 1 heterocycles. The largest absolute Gasteiger partial charge is 0.482 e. The zero-order chi connectivity index (χ0) is 17.6. The van der Waals surface area contributed by atoms with Crippen LogP contribution in [0, 0.1) is 0 Å². The van der Waals surface area contributed by atoms with Crippen LogP contribution in [-0.2, 0) is 9.53 Å². The van der Waals surface area contributed by atoms with Crippen LogP contribution in [0.15, 0.2) is 42.5 Å². The number of hydrogen-bond donors (Lipinski definition) is 1. The first-order valence-electron chi connectivity index (χ1n) is 7.93. The van der Waals surface area contributed by atoms with E-state index in [1.165, 1.54) is 0 Å². The van der Waals surface area contributed by atoms with Gasteiger partial charge in [0, 0.05) is 18.1 Å². The zero-order valence-corrected chi connectivity index (χ0v) is 15.0. The number of rotatable bonds is 5. The lowest BCUT2D eigenvalue weighted by atomic mass is 10.2. The predicted molar refractivity (Wildman–Crippen MR) is 100 cm³/mol. The van der Waals surface area contributed by atoms with Crippen LogP contribution in [0.1, 0.15) is 0 Å². The third kappa shape index (κ3) is 4.78. The van der Waals surface area contributed by atoms with Crippen LogP contribution in [0.4, 0.5) is 11.4 Å². The number of benzene rings is 2. The third-order valence-corrected chi connectivity index (χ3v) is 4.31. The summed E-state index contributed by atoms with van der Waals surface area (Å²) < 4.78 is 10.9. The average Bonchev–Trinajstić information content (AvgIpc) is 2.62. The molecule has 0 spiro atoms. The summed E-state index contributed by atoms with van der Waals surface area (Å²) in [6.07, 6.45) is 0. The summed E-state index contributed by atoms with van der Waals surface area (Å²) in [7, 11) is 0. The fourth-order valence-electron chi connectivity index (χ4n) is 2.58. The second-order valence-corrected chi connectivity index (χ2v) is 6.37. The lowest BCUT2D eigenvalue weighted by molar-refractivity contribution is -0.118. The van der Waals surface area contributed by atoms with E-state index in [-0.39, 0.29) is 12.5 Å². The highest BCUT2D eigenvalue weighted by Crippen LogP contribution is 2.28. The van der Waals surface area contributed by atoms with Gasteiger partial charge < -0.3 is 19.7 Å². The van der Waals surface area contributed by atoms with Gasteiger partial charge >= 0.3 is 0 Å². The first-order chi connectivity index (χ1) is 12.1. The maximum Gasteiger partial charge on any atom is 0.262 e. The quantitative estimate of drug-likeness (QED) is 0.855. The minimum Gasteiger partial charge on any atom is -0.482 e. The van der Waals surface area contributed by atoms with E-state index in [0.717, 1.165) is 24.5 Å². The number of hydrogen-bond acceptors (Lipinski definition) is 4. The van der Waals surface area contributed by atoms with Crippen LogP contribution >= 0.6 is 23.2 Å². The minimum atomic E-state index is -0.258. The van der Waals surface area contributed by atoms with Crippen molar-refractivity contribution < 1.29 is 14.3 Å². The second kappa shape index (κ2) is 8.43. The summed E-state index contributed by atoms with van der Waals surface area (Å²) in [5.41, 5.74) is 1.73. The van der Waals surface area contributed by atoms with Gasteiger partial charge in [-0.1, -0.05) is 35.3 Å². The molecule has 7 heteroatoms. The highest BCUT2D eigenvalue weighted by molar-refractivity contribution is 6.35. The van der Waals surface area contributed by atoms with Gasteiger partial charge in [0.15, 0.2) is 6.61 Å². The molecular weight excluding hydrogens is 363 g/mol. The Hall–Kier alpha value is -1.95. The van der Waals surface area contributed by atoms with E-state index in [0.29, 0.717) is 29.0 Å². The van der Waals surface area contributed by atoms with Crippen molar-refractivity contribution in [3.8, 4) is 5.75 Å². The number of carbonyl (C=O) groups is 1. The Morgan fingerprint density at radius 3 is 2.68 bits per heavy atom. The van der Waals surface area contributed by atoms with Crippen molar-refractivity contribution in [2.45, 2.75) is 0 Å². The van der Waals surface area contributed by atoms with E-state index in [9.17, 15) is 4.79 Å². The Kier molecular flexibility index (Phi) is 6.02. The normalized spacial score (nSPS) is 14.2. The van der Waals surface area contributed by atoms with Crippen molar-refractivity contribution in [1.29, 1.82) is 0 Å². The number of nitrogens with one attached hydrogen (secondary N) is 1. The lowest BCUT2D eigenvalue weighted by Gasteiger charge is -2.30. The van der Waals surface area contributed by atoms with E-state index in [4.69, 9.17) is 32.7 Å². The maximum atomic E-state index is 12.3. The fourth-order valence-corrected chi connectivity index (χ4v) is 3.04. The molecule has 25 heavy (non-hydrogen) atoms. The van der Waals surface area contributed by atoms with Crippen molar-refractivity contribution >= 4 is 40.5 Å². The SMILES string of the molecule is O=C(COc1ccc(Cl)cc1Cl)Nc1ccccc1N1CCOCC1. The Balaban J connectivity index is 1.63. The number of nitrogens with zero attached hydrogens (tertiary/aromatic N) is 1. The van der Waals surface area contributed by atoms with Gasteiger partial charge in [-0.15, -0.1) is 0 Å². The summed E-state index contributed by atoms with van der Waals surface area (Å²) in [6, 6.07) is 12.6. The fraction of sp³-hybridized carbons (Fsp3) is 0.278. The van der Waals surface area contributed by atoms with Crippen LogP contribution in [0.2, 0.25) is 10.0 Å². The molecule has 0 atom stereocenters. The highest BCUT2D eigenvalue weighted by atomic mass is 35.5. The number of anilines is 2. The van der Waals surface area contributed by atoms with Crippen LogP contribution in [-0.4, -0.2) is 38.8 Å². The van der Waals surface area contributed by atoms with Crippen molar-refractivity contribution in [1.82, 2.24) is 0 Å². The summed E-state index contributed by atoms with van der Waals surface area (Å²) in [5, 5.41) is 3.78. The Bertz CT molecular complexity index is 749. The topological polar surface area (TPSA) is 50.8 Å². The number of halogens is 2. The van der Waals surface area contributed by atoms with Crippen molar-refractivity contribution in [3.63, 3.8) is 0 Å². The summed E-state index contributed by atoms with van der Waals surface area (Å²) >= 11 is 11.9. The van der Waals surface area contributed by atoms with Crippen molar-refractivity contribution in [2.24, 2.45) is 0 Å². The highest BCUT2D eigenvalue weighted by Gasteiger charge is 2.16. The number of ether oxygens (including phenoxy) is 2. The molecule has 0 unspecified atom stereocenters. The Morgan fingerprint density at radius 2 is 1.92 bits per heavy atom. The van der Waals surface area contributed by atoms with Gasteiger partial charge in [0.25, 0.3) is 5.91 Å². The molecule has 1 amide bonds. The maximum absolute atomic E-state index is 12.3. The van der Waals surface area contributed by atoms with E-state index < -0.39 is 0 Å². The molecule has 1 aliphatic rings. The van der Waals surface area contributed by atoms with E-state index in [1.807, 2.05) is 24.3 Å². The van der Waals surface area contributed by atoms with Gasteiger partial charge in [0.2, 0.25) is 0 Å². The summed E-state index contributed by atoms with van der Waals surface area (Å²) in [6.45, 7) is 2.81.